The summed E-state index contributed by atoms with van der Waals surface area (Å²) >= 11 is 0. The fraction of sp³-hybridized carbons (Fsp3) is 0.500. The third-order valence-corrected chi connectivity index (χ3v) is 3.57. The second kappa shape index (κ2) is 5.40. The molecule has 1 aromatic carbocycles. The van der Waals surface area contributed by atoms with Crippen molar-refractivity contribution in [2.45, 2.75) is 32.3 Å². The smallest absolute Gasteiger partial charge is 0.251 e. The van der Waals surface area contributed by atoms with Gasteiger partial charge in [-0.05, 0) is 49.8 Å². The number of carbonyl (C=O) groups is 1. The summed E-state index contributed by atoms with van der Waals surface area (Å²) in [4.78, 5) is 12.0. The predicted octanol–water partition coefficient (Wildman–Crippen LogP) is 1.47. The van der Waals surface area contributed by atoms with E-state index in [2.05, 4.69) is 5.32 Å². The van der Waals surface area contributed by atoms with Crippen molar-refractivity contribution in [1.82, 2.24) is 5.32 Å². The number of aryl methyl sites for hydroxylation is 1. The molecule has 0 spiro atoms. The van der Waals surface area contributed by atoms with Crippen molar-refractivity contribution >= 4 is 11.6 Å². The number of aliphatic hydroxyl groups is 1. The Morgan fingerprint density at radius 2 is 2.28 bits per heavy atom. The molecule has 0 radical (unpaired) electrons. The largest absolute Gasteiger partial charge is 0.399 e. The average molecular weight is 248 g/mol. The molecule has 4 N–H and O–H groups in total. The zero-order chi connectivity index (χ0) is 13.1. The van der Waals surface area contributed by atoms with Gasteiger partial charge in [0.2, 0.25) is 0 Å². The van der Waals surface area contributed by atoms with Crippen LogP contribution < -0.4 is 11.1 Å². The molecule has 4 nitrogen and oxygen atoms in total. The molecule has 18 heavy (non-hydrogen) atoms. The van der Waals surface area contributed by atoms with Crippen LogP contribution in [0.5, 0.6) is 0 Å². The molecule has 0 saturated heterocycles. The molecule has 2 rings (SSSR count). The highest BCUT2D eigenvalue weighted by molar-refractivity contribution is 5.96. The van der Waals surface area contributed by atoms with Crippen LogP contribution in [-0.2, 0) is 0 Å². The zero-order valence-corrected chi connectivity index (χ0v) is 10.6. The maximum absolute atomic E-state index is 12.0. The molecule has 0 heterocycles. The molecule has 1 amide bonds. The van der Waals surface area contributed by atoms with E-state index in [0.29, 0.717) is 23.7 Å². The van der Waals surface area contributed by atoms with Crippen molar-refractivity contribution in [3.05, 3.63) is 29.3 Å². The lowest BCUT2D eigenvalue weighted by Gasteiger charge is -2.12. The van der Waals surface area contributed by atoms with Gasteiger partial charge < -0.3 is 16.2 Å². The molecule has 2 atom stereocenters. The van der Waals surface area contributed by atoms with Crippen LogP contribution in [0.2, 0.25) is 0 Å². The second-order valence-electron chi connectivity index (χ2n) is 5.12. The Balaban J connectivity index is 1.93. The standard InChI is InChI=1S/C14H20N2O2/c1-9-2-4-11(15)7-13(9)14(18)16-8-10-3-5-12(17)6-10/h2,4,7,10,12,17H,3,5-6,8,15H2,1H3,(H,16,18). The van der Waals surface area contributed by atoms with E-state index in [1.165, 1.54) is 0 Å². The Morgan fingerprint density at radius 3 is 2.94 bits per heavy atom. The number of rotatable bonds is 3. The highest BCUT2D eigenvalue weighted by atomic mass is 16.3. The van der Waals surface area contributed by atoms with Gasteiger partial charge in [0.25, 0.3) is 5.91 Å². The van der Waals surface area contributed by atoms with Crippen LogP contribution in [0.4, 0.5) is 5.69 Å². The summed E-state index contributed by atoms with van der Waals surface area (Å²) in [5.74, 6) is 0.312. The minimum atomic E-state index is -0.194. The molecule has 0 aliphatic heterocycles. The molecule has 2 unspecified atom stereocenters. The highest BCUT2D eigenvalue weighted by Crippen LogP contribution is 2.24. The predicted molar refractivity (Wildman–Crippen MR) is 71.3 cm³/mol. The number of nitrogen functional groups attached to an aromatic ring is 1. The summed E-state index contributed by atoms with van der Waals surface area (Å²) in [6.45, 7) is 2.53. The number of nitrogens with one attached hydrogen (secondary N) is 1. The van der Waals surface area contributed by atoms with Gasteiger partial charge in [-0.1, -0.05) is 6.07 Å². The minimum Gasteiger partial charge on any atom is -0.399 e. The highest BCUT2D eigenvalue weighted by Gasteiger charge is 2.23. The quantitative estimate of drug-likeness (QED) is 0.709. The Morgan fingerprint density at radius 1 is 1.50 bits per heavy atom. The fourth-order valence-electron chi connectivity index (χ4n) is 2.45. The maximum atomic E-state index is 12.0. The Kier molecular flexibility index (Phi) is 3.87. The molecule has 1 saturated carbocycles. The van der Waals surface area contributed by atoms with Crippen LogP contribution in [0, 0.1) is 12.8 Å². The monoisotopic (exact) mass is 248 g/mol. The maximum Gasteiger partial charge on any atom is 0.251 e. The third kappa shape index (κ3) is 3.01. The Bertz CT molecular complexity index is 445. The number of aliphatic hydroxyl groups excluding tert-OH is 1. The molecule has 4 heteroatoms. The summed E-state index contributed by atoms with van der Waals surface area (Å²) in [6.07, 6.45) is 2.42. The van der Waals surface area contributed by atoms with Crippen molar-refractivity contribution in [2.24, 2.45) is 5.92 Å². The van der Waals surface area contributed by atoms with Crippen LogP contribution in [-0.4, -0.2) is 23.7 Å². The number of carbonyl (C=O) groups excluding carboxylic acids is 1. The third-order valence-electron chi connectivity index (χ3n) is 3.57. The number of nitrogens with two attached hydrogens (primary N) is 1. The van der Waals surface area contributed by atoms with Gasteiger partial charge in [-0.2, -0.15) is 0 Å². The van der Waals surface area contributed by atoms with E-state index in [4.69, 9.17) is 5.73 Å². The summed E-state index contributed by atoms with van der Waals surface area (Å²) in [6, 6.07) is 5.34. The van der Waals surface area contributed by atoms with Gasteiger partial charge in [-0.25, -0.2) is 0 Å². The minimum absolute atomic E-state index is 0.0822. The van der Waals surface area contributed by atoms with Gasteiger partial charge in [0.1, 0.15) is 0 Å². The first kappa shape index (κ1) is 12.9. The van der Waals surface area contributed by atoms with Crippen LogP contribution in [0.1, 0.15) is 35.2 Å². The van der Waals surface area contributed by atoms with Crippen molar-refractivity contribution in [1.29, 1.82) is 0 Å². The summed E-state index contributed by atoms with van der Waals surface area (Å²) in [7, 11) is 0. The first-order valence-electron chi connectivity index (χ1n) is 6.38. The van der Waals surface area contributed by atoms with E-state index >= 15 is 0 Å². The summed E-state index contributed by atoms with van der Waals surface area (Å²) in [5.41, 5.74) is 7.84. The van der Waals surface area contributed by atoms with Gasteiger partial charge in [0.05, 0.1) is 6.10 Å². The molecular weight excluding hydrogens is 228 g/mol. The van der Waals surface area contributed by atoms with Crippen LogP contribution in [0.15, 0.2) is 18.2 Å². The van der Waals surface area contributed by atoms with E-state index in [0.717, 1.165) is 24.8 Å². The van der Waals surface area contributed by atoms with E-state index in [1.807, 2.05) is 13.0 Å². The van der Waals surface area contributed by atoms with Crippen molar-refractivity contribution in [2.75, 3.05) is 12.3 Å². The van der Waals surface area contributed by atoms with Gasteiger partial charge in [0, 0.05) is 17.8 Å². The molecular formula is C14H20N2O2. The van der Waals surface area contributed by atoms with Gasteiger partial charge >= 0.3 is 0 Å². The molecule has 1 aliphatic rings. The van der Waals surface area contributed by atoms with E-state index < -0.39 is 0 Å². The number of anilines is 1. The van der Waals surface area contributed by atoms with Gasteiger partial charge in [0.15, 0.2) is 0 Å². The Hall–Kier alpha value is -1.55. The molecule has 1 aromatic rings. The summed E-state index contributed by atoms with van der Waals surface area (Å²) in [5, 5.41) is 12.4. The second-order valence-corrected chi connectivity index (χ2v) is 5.12. The van der Waals surface area contributed by atoms with Crippen LogP contribution in [0.25, 0.3) is 0 Å². The van der Waals surface area contributed by atoms with E-state index in [-0.39, 0.29) is 12.0 Å². The lowest BCUT2D eigenvalue weighted by Crippen LogP contribution is -2.29. The first-order chi connectivity index (χ1) is 8.56. The number of amides is 1. The average Bonchev–Trinajstić information content (AvgIpc) is 2.75. The van der Waals surface area contributed by atoms with Crippen molar-refractivity contribution < 1.29 is 9.90 Å². The number of benzene rings is 1. The lowest BCUT2D eigenvalue weighted by molar-refractivity contribution is 0.0944. The molecule has 1 aliphatic carbocycles. The first-order valence-corrected chi connectivity index (χ1v) is 6.38. The van der Waals surface area contributed by atoms with Gasteiger partial charge in [-0.3, -0.25) is 4.79 Å². The fourth-order valence-corrected chi connectivity index (χ4v) is 2.45. The molecule has 0 bridgehead atoms. The normalized spacial score (nSPS) is 23.0. The van der Waals surface area contributed by atoms with Crippen LogP contribution >= 0.6 is 0 Å². The summed E-state index contributed by atoms with van der Waals surface area (Å²) < 4.78 is 0. The lowest BCUT2D eigenvalue weighted by atomic mass is 10.1. The van der Waals surface area contributed by atoms with E-state index in [9.17, 15) is 9.90 Å². The topological polar surface area (TPSA) is 75.4 Å². The van der Waals surface area contributed by atoms with Crippen molar-refractivity contribution in [3.8, 4) is 0 Å². The molecule has 0 aromatic heterocycles. The van der Waals surface area contributed by atoms with E-state index in [1.54, 1.807) is 12.1 Å². The zero-order valence-electron chi connectivity index (χ0n) is 10.6. The van der Waals surface area contributed by atoms with Crippen molar-refractivity contribution in [3.63, 3.8) is 0 Å². The Labute approximate surface area is 107 Å². The SMILES string of the molecule is Cc1ccc(N)cc1C(=O)NCC1CCC(O)C1. The number of hydrogen-bond donors (Lipinski definition) is 3. The molecule has 98 valence electrons. The molecule has 1 fully saturated rings. The van der Waals surface area contributed by atoms with Crippen LogP contribution in [0.3, 0.4) is 0 Å². The number of hydrogen-bond acceptors (Lipinski definition) is 3. The van der Waals surface area contributed by atoms with Gasteiger partial charge in [-0.15, -0.1) is 0 Å².